The molecule has 5 nitrogen and oxygen atoms in total. The molecule has 0 saturated carbocycles. The van der Waals surface area contributed by atoms with Gasteiger partial charge in [0, 0.05) is 11.1 Å². The van der Waals surface area contributed by atoms with E-state index in [9.17, 15) is 9.59 Å². The molecular formula is C14H19NO4. The number of nitrogens with one attached hydrogen (secondary N) is 1. The first kappa shape index (κ1) is 15.0. The summed E-state index contributed by atoms with van der Waals surface area (Å²) in [7, 11) is 0. The molecule has 1 aromatic carbocycles. The Morgan fingerprint density at radius 2 is 1.95 bits per heavy atom. The van der Waals surface area contributed by atoms with Crippen molar-refractivity contribution in [1.82, 2.24) is 5.32 Å². The number of hydrogen-bond donors (Lipinski definition) is 2. The fourth-order valence-corrected chi connectivity index (χ4v) is 1.38. The van der Waals surface area contributed by atoms with Crippen molar-refractivity contribution in [3.63, 3.8) is 0 Å². The van der Waals surface area contributed by atoms with Crippen molar-refractivity contribution in [3.8, 4) is 5.75 Å². The average molecular weight is 265 g/mol. The summed E-state index contributed by atoms with van der Waals surface area (Å²) in [6.45, 7) is 7.09. The molecule has 0 fully saturated rings. The lowest BCUT2D eigenvalue weighted by Crippen LogP contribution is -2.40. The molecule has 1 aromatic rings. The number of carbonyl (C=O) groups is 2. The second-order valence-electron chi connectivity index (χ2n) is 5.33. The maximum absolute atomic E-state index is 11.9. The largest absolute Gasteiger partial charge is 0.479 e. The van der Waals surface area contributed by atoms with Crippen LogP contribution in [0.2, 0.25) is 0 Å². The van der Waals surface area contributed by atoms with Crippen LogP contribution >= 0.6 is 0 Å². The molecule has 0 aliphatic carbocycles. The highest BCUT2D eigenvalue weighted by Gasteiger charge is 2.17. The van der Waals surface area contributed by atoms with Gasteiger partial charge in [0.25, 0.3) is 5.91 Å². The Morgan fingerprint density at radius 1 is 1.32 bits per heavy atom. The van der Waals surface area contributed by atoms with Crippen LogP contribution in [0, 0.1) is 0 Å². The number of ether oxygens (including phenoxy) is 1. The third kappa shape index (κ3) is 4.99. The number of rotatable bonds is 4. The molecule has 1 rings (SSSR count). The lowest BCUT2D eigenvalue weighted by atomic mass is 10.1. The molecule has 0 radical (unpaired) electrons. The number of hydrogen-bond acceptors (Lipinski definition) is 3. The predicted molar refractivity (Wildman–Crippen MR) is 71.4 cm³/mol. The summed E-state index contributed by atoms with van der Waals surface area (Å²) in [6.07, 6.45) is -0.957. The number of amides is 1. The number of benzene rings is 1. The van der Waals surface area contributed by atoms with E-state index >= 15 is 0 Å². The summed E-state index contributed by atoms with van der Waals surface area (Å²) < 4.78 is 5.22. The van der Waals surface area contributed by atoms with Crippen molar-refractivity contribution >= 4 is 11.9 Å². The monoisotopic (exact) mass is 265 g/mol. The molecule has 19 heavy (non-hydrogen) atoms. The van der Waals surface area contributed by atoms with E-state index in [1.807, 2.05) is 20.8 Å². The van der Waals surface area contributed by atoms with Gasteiger partial charge < -0.3 is 15.2 Å². The zero-order valence-electron chi connectivity index (χ0n) is 11.6. The van der Waals surface area contributed by atoms with E-state index in [0.717, 1.165) is 0 Å². The topological polar surface area (TPSA) is 75.6 Å². The van der Waals surface area contributed by atoms with Gasteiger partial charge in [-0.3, -0.25) is 4.79 Å². The Kier molecular flexibility index (Phi) is 4.53. The Labute approximate surface area is 112 Å². The Balaban J connectivity index is 2.82. The number of carboxylic acids is 1. The molecular weight excluding hydrogens is 246 g/mol. The van der Waals surface area contributed by atoms with Gasteiger partial charge in [-0.1, -0.05) is 6.07 Å². The molecule has 104 valence electrons. The number of carbonyl (C=O) groups excluding carboxylic acids is 1. The fourth-order valence-electron chi connectivity index (χ4n) is 1.38. The van der Waals surface area contributed by atoms with Crippen molar-refractivity contribution in [3.05, 3.63) is 29.8 Å². The van der Waals surface area contributed by atoms with Gasteiger partial charge in [-0.2, -0.15) is 0 Å². The minimum atomic E-state index is -1.05. The smallest absolute Gasteiger partial charge is 0.344 e. The zero-order chi connectivity index (χ0) is 14.6. The van der Waals surface area contributed by atoms with Gasteiger partial charge in [0.2, 0.25) is 0 Å². The van der Waals surface area contributed by atoms with Crippen LogP contribution in [-0.4, -0.2) is 28.6 Å². The molecule has 1 atom stereocenters. The minimum absolute atomic E-state index is 0.221. The maximum atomic E-state index is 11.9. The van der Waals surface area contributed by atoms with Gasteiger partial charge in [-0.25, -0.2) is 4.79 Å². The van der Waals surface area contributed by atoms with Gasteiger partial charge in [-0.15, -0.1) is 0 Å². The Bertz CT molecular complexity index is 477. The molecule has 0 aromatic heterocycles. The standard InChI is InChI=1S/C14H19NO4/c1-9(13(17)18)19-11-7-5-6-10(8-11)12(16)15-14(2,3)4/h5-9H,1-4H3,(H,15,16)(H,17,18). The summed E-state index contributed by atoms with van der Waals surface area (Å²) in [5.74, 6) is -0.915. The van der Waals surface area contributed by atoms with Crippen LogP contribution in [0.3, 0.4) is 0 Å². The average Bonchev–Trinajstić information content (AvgIpc) is 2.27. The van der Waals surface area contributed by atoms with Gasteiger partial charge in [0.15, 0.2) is 6.10 Å². The lowest BCUT2D eigenvalue weighted by Gasteiger charge is -2.20. The highest BCUT2D eigenvalue weighted by atomic mass is 16.5. The van der Waals surface area contributed by atoms with Crippen molar-refractivity contribution in [2.75, 3.05) is 0 Å². The van der Waals surface area contributed by atoms with Crippen LogP contribution in [0.15, 0.2) is 24.3 Å². The molecule has 5 heteroatoms. The summed E-state index contributed by atoms with van der Waals surface area (Å²) in [5.41, 5.74) is 0.104. The first-order valence-corrected chi connectivity index (χ1v) is 6.01. The van der Waals surface area contributed by atoms with E-state index < -0.39 is 12.1 Å². The Hall–Kier alpha value is -2.04. The molecule has 0 bridgehead atoms. The van der Waals surface area contributed by atoms with Gasteiger partial charge in [0.05, 0.1) is 0 Å². The SMILES string of the molecule is CC(Oc1cccc(C(=O)NC(C)(C)C)c1)C(=O)O. The van der Waals surface area contributed by atoms with Crippen LogP contribution in [0.4, 0.5) is 0 Å². The van der Waals surface area contributed by atoms with Crippen LogP contribution < -0.4 is 10.1 Å². The van der Waals surface area contributed by atoms with E-state index in [0.29, 0.717) is 11.3 Å². The summed E-state index contributed by atoms with van der Waals surface area (Å²) in [5, 5.41) is 11.6. The van der Waals surface area contributed by atoms with Crippen LogP contribution in [-0.2, 0) is 4.79 Å². The summed E-state index contributed by atoms with van der Waals surface area (Å²) in [6, 6.07) is 6.45. The van der Waals surface area contributed by atoms with E-state index in [-0.39, 0.29) is 11.4 Å². The number of aliphatic carboxylic acids is 1. The molecule has 0 saturated heterocycles. The molecule has 1 unspecified atom stereocenters. The highest BCUT2D eigenvalue weighted by molar-refractivity contribution is 5.95. The number of carboxylic acid groups (broad SMARTS) is 1. The third-order valence-electron chi connectivity index (χ3n) is 2.25. The van der Waals surface area contributed by atoms with Crippen molar-refractivity contribution < 1.29 is 19.4 Å². The van der Waals surface area contributed by atoms with Crippen LogP contribution in [0.1, 0.15) is 38.1 Å². The fraction of sp³-hybridized carbons (Fsp3) is 0.429. The third-order valence-corrected chi connectivity index (χ3v) is 2.25. The molecule has 0 aliphatic heterocycles. The minimum Gasteiger partial charge on any atom is -0.479 e. The zero-order valence-corrected chi connectivity index (χ0v) is 11.6. The lowest BCUT2D eigenvalue weighted by molar-refractivity contribution is -0.144. The van der Waals surface area contributed by atoms with E-state index in [2.05, 4.69) is 5.32 Å². The van der Waals surface area contributed by atoms with Gasteiger partial charge in [-0.05, 0) is 45.9 Å². The van der Waals surface area contributed by atoms with Crippen LogP contribution in [0.25, 0.3) is 0 Å². The van der Waals surface area contributed by atoms with Crippen molar-refractivity contribution in [2.24, 2.45) is 0 Å². The first-order chi connectivity index (χ1) is 8.69. The quantitative estimate of drug-likeness (QED) is 0.873. The highest BCUT2D eigenvalue weighted by Crippen LogP contribution is 2.16. The molecule has 1 amide bonds. The molecule has 0 aliphatic rings. The first-order valence-electron chi connectivity index (χ1n) is 6.01. The van der Waals surface area contributed by atoms with Crippen molar-refractivity contribution in [2.45, 2.75) is 39.3 Å². The maximum Gasteiger partial charge on any atom is 0.344 e. The molecule has 0 spiro atoms. The van der Waals surface area contributed by atoms with E-state index in [1.165, 1.54) is 13.0 Å². The second kappa shape index (κ2) is 5.73. The van der Waals surface area contributed by atoms with Crippen LogP contribution in [0.5, 0.6) is 5.75 Å². The van der Waals surface area contributed by atoms with E-state index in [1.54, 1.807) is 18.2 Å². The normalized spacial score (nSPS) is 12.6. The molecule has 0 heterocycles. The van der Waals surface area contributed by atoms with E-state index in [4.69, 9.17) is 9.84 Å². The summed E-state index contributed by atoms with van der Waals surface area (Å²) >= 11 is 0. The van der Waals surface area contributed by atoms with Crippen molar-refractivity contribution in [1.29, 1.82) is 0 Å². The van der Waals surface area contributed by atoms with Gasteiger partial charge >= 0.3 is 5.97 Å². The molecule has 2 N–H and O–H groups in total. The second-order valence-corrected chi connectivity index (χ2v) is 5.33. The van der Waals surface area contributed by atoms with Gasteiger partial charge in [0.1, 0.15) is 5.75 Å². The predicted octanol–water partition coefficient (Wildman–Crippen LogP) is 2.07. The Morgan fingerprint density at radius 3 is 2.47 bits per heavy atom. The summed E-state index contributed by atoms with van der Waals surface area (Å²) in [4.78, 5) is 22.7.